The first-order chi connectivity index (χ1) is 10.8. The summed E-state index contributed by atoms with van der Waals surface area (Å²) in [4.78, 5) is 4.16. The first-order valence-corrected chi connectivity index (χ1v) is 7.08. The number of hydrogen-bond acceptors (Lipinski definition) is 5. The second-order valence-corrected chi connectivity index (χ2v) is 4.52. The maximum atomic E-state index is 8.70. The van der Waals surface area contributed by atoms with Gasteiger partial charge in [0.05, 0.1) is 18.5 Å². The number of para-hydroxylation sites is 1. The van der Waals surface area contributed by atoms with E-state index in [0.717, 1.165) is 17.0 Å². The molecule has 1 heterocycles. The lowest BCUT2D eigenvalue weighted by molar-refractivity contribution is 0.196. The summed E-state index contributed by atoms with van der Waals surface area (Å²) in [5, 5.41) is 12.0. The minimum absolute atomic E-state index is 0.0246. The van der Waals surface area contributed by atoms with Crippen molar-refractivity contribution in [2.45, 2.75) is 6.54 Å². The van der Waals surface area contributed by atoms with Crippen LogP contribution in [0.3, 0.4) is 0 Å². The Labute approximate surface area is 130 Å². The first-order valence-electron chi connectivity index (χ1n) is 7.08. The van der Waals surface area contributed by atoms with E-state index in [1.807, 2.05) is 30.3 Å². The van der Waals surface area contributed by atoms with Crippen LogP contribution in [0.2, 0.25) is 0 Å². The number of ether oxygens (including phenoxy) is 2. The normalized spacial score (nSPS) is 10.0. The summed E-state index contributed by atoms with van der Waals surface area (Å²) in [6.07, 6.45) is 3.42. The van der Waals surface area contributed by atoms with Crippen LogP contribution in [0.15, 0.2) is 55.3 Å². The molecule has 5 nitrogen and oxygen atoms in total. The average molecular weight is 300 g/mol. The number of rotatable bonds is 9. The second-order valence-electron chi connectivity index (χ2n) is 4.52. The number of aliphatic hydroxyl groups is 1. The molecule has 5 heteroatoms. The van der Waals surface area contributed by atoms with Gasteiger partial charge in [0.25, 0.3) is 0 Å². The fourth-order valence-electron chi connectivity index (χ4n) is 1.86. The molecule has 0 spiro atoms. The fourth-order valence-corrected chi connectivity index (χ4v) is 1.86. The Bertz CT molecular complexity index is 585. The molecular weight excluding hydrogens is 280 g/mol. The van der Waals surface area contributed by atoms with Crippen molar-refractivity contribution < 1.29 is 14.6 Å². The summed E-state index contributed by atoms with van der Waals surface area (Å²) >= 11 is 0. The smallest absolute Gasteiger partial charge is 0.213 e. The summed E-state index contributed by atoms with van der Waals surface area (Å²) in [6, 6.07) is 11.5. The van der Waals surface area contributed by atoms with Crippen LogP contribution in [0.1, 0.15) is 5.56 Å². The van der Waals surface area contributed by atoms with Gasteiger partial charge in [-0.15, -0.1) is 0 Å². The Morgan fingerprint density at radius 3 is 2.77 bits per heavy atom. The molecule has 0 unspecified atom stereocenters. The molecule has 1 aromatic heterocycles. The zero-order valence-electron chi connectivity index (χ0n) is 12.4. The molecule has 0 aliphatic rings. The number of anilines is 1. The van der Waals surface area contributed by atoms with Gasteiger partial charge in [-0.05, 0) is 12.1 Å². The largest absolute Gasteiger partial charge is 0.489 e. The molecule has 0 bridgehead atoms. The van der Waals surface area contributed by atoms with Crippen molar-refractivity contribution in [3.8, 4) is 11.6 Å². The molecule has 0 fully saturated rings. The molecule has 0 radical (unpaired) electrons. The molecule has 2 rings (SSSR count). The van der Waals surface area contributed by atoms with Gasteiger partial charge in [-0.1, -0.05) is 30.9 Å². The molecular formula is C17H20N2O3. The third-order valence-corrected chi connectivity index (χ3v) is 2.89. The van der Waals surface area contributed by atoms with Crippen molar-refractivity contribution in [3.05, 3.63) is 60.8 Å². The van der Waals surface area contributed by atoms with Gasteiger partial charge in [0.2, 0.25) is 5.88 Å². The lowest BCUT2D eigenvalue weighted by Gasteiger charge is -2.12. The number of nitrogens with one attached hydrogen (secondary N) is 1. The van der Waals surface area contributed by atoms with Gasteiger partial charge >= 0.3 is 0 Å². The van der Waals surface area contributed by atoms with E-state index < -0.39 is 0 Å². The molecule has 2 N–H and O–H groups in total. The van der Waals surface area contributed by atoms with Crippen LogP contribution in [0.5, 0.6) is 11.6 Å². The third kappa shape index (κ3) is 4.79. The van der Waals surface area contributed by atoms with Crippen molar-refractivity contribution in [2.75, 3.05) is 25.1 Å². The Morgan fingerprint density at radius 2 is 2.05 bits per heavy atom. The van der Waals surface area contributed by atoms with Gasteiger partial charge in [0.1, 0.15) is 19.0 Å². The van der Waals surface area contributed by atoms with Crippen molar-refractivity contribution in [3.63, 3.8) is 0 Å². The number of hydrogen-bond donors (Lipinski definition) is 2. The highest BCUT2D eigenvalue weighted by Gasteiger charge is 2.03. The van der Waals surface area contributed by atoms with Gasteiger partial charge in [-0.2, -0.15) is 0 Å². The summed E-state index contributed by atoms with van der Waals surface area (Å²) in [5.41, 5.74) is 1.94. The Hall–Kier alpha value is -2.53. The molecule has 2 aromatic rings. The molecule has 0 aliphatic carbocycles. The summed E-state index contributed by atoms with van der Waals surface area (Å²) in [7, 11) is 0. The summed E-state index contributed by atoms with van der Waals surface area (Å²) in [5.74, 6) is 1.33. The van der Waals surface area contributed by atoms with E-state index in [9.17, 15) is 0 Å². The zero-order chi connectivity index (χ0) is 15.6. The van der Waals surface area contributed by atoms with Crippen molar-refractivity contribution in [2.24, 2.45) is 0 Å². The van der Waals surface area contributed by atoms with Gasteiger partial charge in [0, 0.05) is 18.2 Å². The minimum atomic E-state index is -0.0246. The van der Waals surface area contributed by atoms with Gasteiger partial charge in [-0.25, -0.2) is 4.98 Å². The maximum absolute atomic E-state index is 8.70. The van der Waals surface area contributed by atoms with E-state index in [0.29, 0.717) is 19.0 Å². The third-order valence-electron chi connectivity index (χ3n) is 2.89. The molecule has 116 valence electrons. The summed E-state index contributed by atoms with van der Waals surface area (Å²) < 4.78 is 10.8. The van der Waals surface area contributed by atoms with Gasteiger partial charge in [-0.3, -0.25) is 0 Å². The number of aliphatic hydroxyl groups excluding tert-OH is 1. The highest BCUT2D eigenvalue weighted by Crippen LogP contribution is 2.20. The molecule has 0 saturated carbocycles. The molecule has 1 aromatic carbocycles. The Kier molecular flexibility index (Phi) is 6.26. The van der Waals surface area contributed by atoms with Crippen molar-refractivity contribution in [1.82, 2.24) is 4.98 Å². The number of nitrogens with zero attached hydrogens (tertiary/aromatic N) is 1. The topological polar surface area (TPSA) is 63.6 Å². The van der Waals surface area contributed by atoms with Crippen LogP contribution in [0.25, 0.3) is 0 Å². The molecule has 0 saturated heterocycles. The number of benzene rings is 1. The SMILES string of the molecule is C=CCOc1ccccc1CNc1ccc(OCCO)nc1. The number of pyridine rings is 1. The van der Waals surface area contributed by atoms with E-state index >= 15 is 0 Å². The van der Waals surface area contributed by atoms with Crippen LogP contribution in [0.4, 0.5) is 5.69 Å². The molecule has 0 aliphatic heterocycles. The minimum Gasteiger partial charge on any atom is -0.489 e. The molecule has 22 heavy (non-hydrogen) atoms. The van der Waals surface area contributed by atoms with Gasteiger partial charge < -0.3 is 19.9 Å². The first kappa shape index (κ1) is 15.9. The van der Waals surface area contributed by atoms with Crippen LogP contribution < -0.4 is 14.8 Å². The van der Waals surface area contributed by atoms with E-state index in [1.54, 1.807) is 18.3 Å². The molecule has 0 amide bonds. The van der Waals surface area contributed by atoms with Crippen molar-refractivity contribution >= 4 is 5.69 Å². The van der Waals surface area contributed by atoms with E-state index in [1.165, 1.54) is 0 Å². The second kappa shape index (κ2) is 8.69. The Balaban J connectivity index is 1.93. The highest BCUT2D eigenvalue weighted by atomic mass is 16.5. The Morgan fingerprint density at radius 1 is 1.18 bits per heavy atom. The monoisotopic (exact) mass is 300 g/mol. The number of aromatic nitrogens is 1. The van der Waals surface area contributed by atoms with Crippen LogP contribution >= 0.6 is 0 Å². The standard InChI is InChI=1S/C17H20N2O3/c1-2-10-21-16-6-4-3-5-14(16)12-18-15-7-8-17(19-13-15)22-11-9-20/h2-8,13,18,20H,1,9-12H2. The maximum Gasteiger partial charge on any atom is 0.213 e. The van der Waals surface area contributed by atoms with Crippen LogP contribution in [-0.4, -0.2) is 29.9 Å². The van der Waals surface area contributed by atoms with Gasteiger partial charge in [0.15, 0.2) is 0 Å². The highest BCUT2D eigenvalue weighted by molar-refractivity contribution is 5.44. The quantitative estimate of drug-likeness (QED) is 0.697. The van der Waals surface area contributed by atoms with Crippen LogP contribution in [-0.2, 0) is 6.54 Å². The fraction of sp³-hybridized carbons (Fsp3) is 0.235. The summed E-state index contributed by atoms with van der Waals surface area (Å²) in [6.45, 7) is 4.98. The molecule has 0 atom stereocenters. The van der Waals surface area contributed by atoms with Crippen molar-refractivity contribution in [1.29, 1.82) is 0 Å². The van der Waals surface area contributed by atoms with E-state index in [2.05, 4.69) is 16.9 Å². The van der Waals surface area contributed by atoms with E-state index in [4.69, 9.17) is 14.6 Å². The predicted octanol–water partition coefficient (Wildman–Crippen LogP) is 2.63. The predicted molar refractivity (Wildman–Crippen MR) is 86.3 cm³/mol. The van der Waals surface area contributed by atoms with Crippen LogP contribution in [0, 0.1) is 0 Å². The lowest BCUT2D eigenvalue weighted by atomic mass is 10.2. The lowest BCUT2D eigenvalue weighted by Crippen LogP contribution is -2.05. The average Bonchev–Trinajstić information content (AvgIpc) is 2.58. The van der Waals surface area contributed by atoms with E-state index in [-0.39, 0.29) is 13.2 Å². The zero-order valence-corrected chi connectivity index (χ0v) is 12.4.